The standard InChI is InChI=1S/C18H20O2/c1-12-4-5-13(2)16(10-12)18(3,19)15-6-7-17-14(11-15)8-9-20-17/h4-7,10-11,19H,8-9H2,1-3H3. The number of aryl methyl sites for hydroxylation is 2. The van der Waals surface area contributed by atoms with Gasteiger partial charge < -0.3 is 9.84 Å². The molecular formula is C18H20O2. The Morgan fingerprint density at radius 3 is 2.70 bits per heavy atom. The minimum absolute atomic E-state index is 0.740. The van der Waals surface area contributed by atoms with Crippen LogP contribution in [-0.4, -0.2) is 11.7 Å². The van der Waals surface area contributed by atoms with E-state index < -0.39 is 5.60 Å². The van der Waals surface area contributed by atoms with E-state index in [0.717, 1.165) is 41.0 Å². The van der Waals surface area contributed by atoms with Gasteiger partial charge in [0, 0.05) is 6.42 Å². The molecule has 0 spiro atoms. The van der Waals surface area contributed by atoms with Crippen LogP contribution in [0.4, 0.5) is 0 Å². The van der Waals surface area contributed by atoms with Crippen LogP contribution in [0.25, 0.3) is 0 Å². The van der Waals surface area contributed by atoms with Crippen molar-refractivity contribution in [3.63, 3.8) is 0 Å². The summed E-state index contributed by atoms with van der Waals surface area (Å²) in [4.78, 5) is 0. The summed E-state index contributed by atoms with van der Waals surface area (Å²) in [5.41, 5.74) is 4.38. The fraction of sp³-hybridized carbons (Fsp3) is 0.333. The second kappa shape index (κ2) is 4.64. The van der Waals surface area contributed by atoms with Gasteiger partial charge in [0.25, 0.3) is 0 Å². The zero-order valence-corrected chi connectivity index (χ0v) is 12.2. The molecule has 1 heterocycles. The number of rotatable bonds is 2. The maximum atomic E-state index is 11.1. The lowest BCUT2D eigenvalue weighted by Gasteiger charge is -2.27. The highest BCUT2D eigenvalue weighted by Crippen LogP contribution is 2.35. The predicted octanol–water partition coefficient (Wildman–Crippen LogP) is 3.49. The van der Waals surface area contributed by atoms with Crippen LogP contribution >= 0.6 is 0 Å². The molecule has 2 heteroatoms. The number of benzene rings is 2. The minimum Gasteiger partial charge on any atom is -0.493 e. The molecule has 1 unspecified atom stereocenters. The van der Waals surface area contributed by atoms with Crippen LogP contribution in [0.3, 0.4) is 0 Å². The molecule has 1 aliphatic rings. The fourth-order valence-corrected chi connectivity index (χ4v) is 2.91. The third-order valence-electron chi connectivity index (χ3n) is 4.17. The fourth-order valence-electron chi connectivity index (χ4n) is 2.91. The molecule has 3 rings (SSSR count). The van der Waals surface area contributed by atoms with Gasteiger partial charge in [-0.3, -0.25) is 0 Å². The number of aliphatic hydroxyl groups is 1. The average Bonchev–Trinajstić information content (AvgIpc) is 2.88. The molecule has 20 heavy (non-hydrogen) atoms. The number of ether oxygens (including phenoxy) is 1. The molecule has 2 aromatic rings. The lowest BCUT2D eigenvalue weighted by atomic mass is 9.84. The molecule has 2 nitrogen and oxygen atoms in total. The van der Waals surface area contributed by atoms with Gasteiger partial charge in [0.15, 0.2) is 0 Å². The summed E-state index contributed by atoms with van der Waals surface area (Å²) in [6.07, 6.45) is 0.923. The van der Waals surface area contributed by atoms with E-state index in [0.29, 0.717) is 0 Å². The Kier molecular flexibility index (Phi) is 3.06. The molecule has 104 valence electrons. The van der Waals surface area contributed by atoms with Gasteiger partial charge in [0.1, 0.15) is 11.4 Å². The largest absolute Gasteiger partial charge is 0.493 e. The summed E-state index contributed by atoms with van der Waals surface area (Å²) in [5, 5.41) is 11.1. The Balaban J connectivity index is 2.09. The summed E-state index contributed by atoms with van der Waals surface area (Å²) in [6.45, 7) is 6.70. The molecule has 0 fully saturated rings. The second-order valence-electron chi connectivity index (χ2n) is 5.81. The second-order valence-corrected chi connectivity index (χ2v) is 5.81. The highest BCUT2D eigenvalue weighted by molar-refractivity contribution is 5.47. The molecule has 1 atom stereocenters. The predicted molar refractivity (Wildman–Crippen MR) is 80.2 cm³/mol. The van der Waals surface area contributed by atoms with Crippen molar-refractivity contribution in [2.24, 2.45) is 0 Å². The van der Waals surface area contributed by atoms with Gasteiger partial charge in [-0.25, -0.2) is 0 Å². The SMILES string of the molecule is Cc1ccc(C)c(C(C)(O)c2ccc3c(c2)CCO3)c1. The highest BCUT2D eigenvalue weighted by Gasteiger charge is 2.28. The summed E-state index contributed by atoms with van der Waals surface area (Å²) < 4.78 is 5.53. The Hall–Kier alpha value is -1.80. The van der Waals surface area contributed by atoms with Crippen LogP contribution < -0.4 is 4.74 Å². The van der Waals surface area contributed by atoms with Crippen molar-refractivity contribution in [1.29, 1.82) is 0 Å². The topological polar surface area (TPSA) is 29.5 Å². The third-order valence-corrected chi connectivity index (χ3v) is 4.17. The van der Waals surface area contributed by atoms with Gasteiger partial charge in [-0.1, -0.05) is 29.8 Å². The summed E-state index contributed by atoms with van der Waals surface area (Å²) in [6, 6.07) is 12.2. The Morgan fingerprint density at radius 2 is 1.90 bits per heavy atom. The van der Waals surface area contributed by atoms with Crippen molar-refractivity contribution in [3.05, 3.63) is 64.2 Å². The maximum absolute atomic E-state index is 11.1. The molecule has 0 bridgehead atoms. The maximum Gasteiger partial charge on any atom is 0.122 e. The lowest BCUT2D eigenvalue weighted by molar-refractivity contribution is 0.101. The van der Waals surface area contributed by atoms with Gasteiger partial charge in [0.2, 0.25) is 0 Å². The molecule has 0 amide bonds. The first-order chi connectivity index (χ1) is 9.48. The van der Waals surface area contributed by atoms with Crippen LogP contribution in [-0.2, 0) is 12.0 Å². The van der Waals surface area contributed by atoms with Crippen molar-refractivity contribution < 1.29 is 9.84 Å². The molecule has 1 aliphatic heterocycles. The van der Waals surface area contributed by atoms with Gasteiger partial charge in [0.05, 0.1) is 6.61 Å². The Morgan fingerprint density at radius 1 is 1.10 bits per heavy atom. The van der Waals surface area contributed by atoms with Gasteiger partial charge in [-0.15, -0.1) is 0 Å². The zero-order chi connectivity index (χ0) is 14.3. The zero-order valence-electron chi connectivity index (χ0n) is 12.2. The van der Waals surface area contributed by atoms with Crippen LogP contribution in [0.5, 0.6) is 5.75 Å². The monoisotopic (exact) mass is 268 g/mol. The number of hydrogen-bond donors (Lipinski definition) is 1. The number of fused-ring (bicyclic) bond motifs is 1. The van der Waals surface area contributed by atoms with E-state index in [1.165, 1.54) is 5.56 Å². The van der Waals surface area contributed by atoms with E-state index in [-0.39, 0.29) is 0 Å². The van der Waals surface area contributed by atoms with Gasteiger partial charge in [-0.05, 0) is 55.2 Å². The Labute approximate surface area is 120 Å². The minimum atomic E-state index is -0.978. The van der Waals surface area contributed by atoms with Gasteiger partial charge >= 0.3 is 0 Å². The summed E-state index contributed by atoms with van der Waals surface area (Å²) in [7, 11) is 0. The van der Waals surface area contributed by atoms with Crippen molar-refractivity contribution in [2.75, 3.05) is 6.61 Å². The molecule has 0 saturated carbocycles. The van der Waals surface area contributed by atoms with Gasteiger partial charge in [-0.2, -0.15) is 0 Å². The van der Waals surface area contributed by atoms with Crippen LogP contribution in [0.2, 0.25) is 0 Å². The molecular weight excluding hydrogens is 248 g/mol. The molecule has 0 aromatic heterocycles. The third kappa shape index (κ3) is 2.10. The molecule has 0 saturated heterocycles. The molecule has 0 radical (unpaired) electrons. The van der Waals surface area contributed by atoms with E-state index >= 15 is 0 Å². The van der Waals surface area contributed by atoms with E-state index in [2.05, 4.69) is 31.2 Å². The molecule has 1 N–H and O–H groups in total. The van der Waals surface area contributed by atoms with Crippen molar-refractivity contribution in [3.8, 4) is 5.75 Å². The molecule has 0 aliphatic carbocycles. The van der Waals surface area contributed by atoms with Crippen LogP contribution in [0, 0.1) is 13.8 Å². The number of hydrogen-bond acceptors (Lipinski definition) is 2. The van der Waals surface area contributed by atoms with Crippen LogP contribution in [0.15, 0.2) is 36.4 Å². The quantitative estimate of drug-likeness (QED) is 0.903. The average molecular weight is 268 g/mol. The smallest absolute Gasteiger partial charge is 0.122 e. The Bertz CT molecular complexity index is 656. The van der Waals surface area contributed by atoms with Crippen molar-refractivity contribution in [1.82, 2.24) is 0 Å². The van der Waals surface area contributed by atoms with E-state index in [4.69, 9.17) is 4.74 Å². The van der Waals surface area contributed by atoms with Crippen LogP contribution in [0.1, 0.15) is 34.7 Å². The van der Waals surface area contributed by atoms with Crippen molar-refractivity contribution in [2.45, 2.75) is 32.8 Å². The van der Waals surface area contributed by atoms with E-state index in [1.807, 2.05) is 26.0 Å². The van der Waals surface area contributed by atoms with E-state index in [9.17, 15) is 5.11 Å². The molecule has 2 aromatic carbocycles. The highest BCUT2D eigenvalue weighted by atomic mass is 16.5. The van der Waals surface area contributed by atoms with Crippen molar-refractivity contribution >= 4 is 0 Å². The first-order valence-corrected chi connectivity index (χ1v) is 7.05. The first-order valence-electron chi connectivity index (χ1n) is 7.05. The van der Waals surface area contributed by atoms with E-state index in [1.54, 1.807) is 0 Å². The normalized spacial score (nSPS) is 16.4. The summed E-state index contributed by atoms with van der Waals surface area (Å²) >= 11 is 0. The first kappa shape index (κ1) is 13.2. The lowest BCUT2D eigenvalue weighted by Crippen LogP contribution is -2.24. The summed E-state index contributed by atoms with van der Waals surface area (Å²) in [5.74, 6) is 0.950.